The molecule has 1 atom stereocenters. The van der Waals surface area contributed by atoms with Crippen LogP contribution in [0.3, 0.4) is 0 Å². The first-order valence-corrected chi connectivity index (χ1v) is 7.20. The summed E-state index contributed by atoms with van der Waals surface area (Å²) in [7, 11) is 0. The third-order valence-electron chi connectivity index (χ3n) is 3.96. The van der Waals surface area contributed by atoms with Crippen LogP contribution in [0.15, 0.2) is 48.5 Å². The van der Waals surface area contributed by atoms with E-state index in [1.165, 1.54) is 11.6 Å². The van der Waals surface area contributed by atoms with Crippen LogP contribution in [0.4, 0.5) is 10.3 Å². The van der Waals surface area contributed by atoms with E-state index in [2.05, 4.69) is 20.8 Å². The largest absolute Gasteiger partial charge is 0.346 e. The van der Waals surface area contributed by atoms with E-state index in [1.807, 2.05) is 36.4 Å². The van der Waals surface area contributed by atoms with Crippen LogP contribution >= 0.6 is 0 Å². The molecule has 0 amide bonds. The van der Waals surface area contributed by atoms with E-state index in [0.717, 1.165) is 24.1 Å². The molecule has 0 fully saturated rings. The minimum atomic E-state index is -0.213. The fourth-order valence-electron chi connectivity index (χ4n) is 2.90. The van der Waals surface area contributed by atoms with Crippen molar-refractivity contribution < 1.29 is 4.39 Å². The molecule has 2 aromatic carbocycles. The van der Waals surface area contributed by atoms with Gasteiger partial charge in [0.15, 0.2) is 0 Å². The molecule has 1 aromatic heterocycles. The molecule has 0 aliphatic heterocycles. The van der Waals surface area contributed by atoms with Gasteiger partial charge in [-0.05, 0) is 58.7 Å². The van der Waals surface area contributed by atoms with Crippen LogP contribution < -0.4 is 5.32 Å². The first kappa shape index (κ1) is 12.9. The summed E-state index contributed by atoms with van der Waals surface area (Å²) in [5.41, 5.74) is 3.05. The Morgan fingerprint density at radius 2 is 2.00 bits per heavy atom. The zero-order valence-electron chi connectivity index (χ0n) is 11.8. The van der Waals surface area contributed by atoms with Crippen LogP contribution in [0.5, 0.6) is 0 Å². The molecule has 0 saturated heterocycles. The van der Waals surface area contributed by atoms with Crippen molar-refractivity contribution in [1.82, 2.24) is 20.2 Å². The predicted octanol–water partition coefficient (Wildman–Crippen LogP) is 2.90. The molecule has 1 aliphatic carbocycles. The van der Waals surface area contributed by atoms with Gasteiger partial charge in [0.2, 0.25) is 5.95 Å². The Morgan fingerprint density at radius 3 is 2.86 bits per heavy atom. The summed E-state index contributed by atoms with van der Waals surface area (Å²) in [6.07, 6.45) is 1.83. The molecule has 22 heavy (non-hydrogen) atoms. The molecule has 1 heterocycles. The van der Waals surface area contributed by atoms with E-state index in [9.17, 15) is 4.39 Å². The normalized spacial score (nSPS) is 16.5. The van der Waals surface area contributed by atoms with Crippen LogP contribution in [-0.2, 0) is 6.42 Å². The van der Waals surface area contributed by atoms with Crippen LogP contribution in [0, 0.1) is 5.82 Å². The van der Waals surface area contributed by atoms with Crippen molar-refractivity contribution in [3.63, 3.8) is 0 Å². The maximum absolute atomic E-state index is 13.5. The third-order valence-corrected chi connectivity index (χ3v) is 3.96. The summed E-state index contributed by atoms with van der Waals surface area (Å²) in [5, 5.41) is 15.1. The Hall–Kier alpha value is -2.76. The second-order valence-electron chi connectivity index (χ2n) is 5.33. The summed E-state index contributed by atoms with van der Waals surface area (Å²) in [5.74, 6) is 0.350. The van der Waals surface area contributed by atoms with Gasteiger partial charge in [-0.2, -0.15) is 4.68 Å². The third kappa shape index (κ3) is 2.22. The number of halogens is 1. The molecular weight excluding hydrogens is 281 g/mol. The molecule has 3 aromatic rings. The Balaban J connectivity index is 1.65. The van der Waals surface area contributed by atoms with Crippen molar-refractivity contribution in [3.05, 3.63) is 65.5 Å². The molecule has 0 spiro atoms. The monoisotopic (exact) mass is 295 g/mol. The number of rotatable bonds is 3. The highest BCUT2D eigenvalue weighted by Crippen LogP contribution is 2.34. The SMILES string of the molecule is Fc1ccc2c(c1)C(Nc1nnnn1-c1ccccc1)CC2. The number of hydrogen-bond acceptors (Lipinski definition) is 4. The molecule has 1 unspecified atom stereocenters. The van der Waals surface area contributed by atoms with Gasteiger partial charge in [-0.1, -0.05) is 29.4 Å². The van der Waals surface area contributed by atoms with Crippen LogP contribution in [0.1, 0.15) is 23.6 Å². The quantitative estimate of drug-likeness (QED) is 0.807. The van der Waals surface area contributed by atoms with Gasteiger partial charge in [-0.3, -0.25) is 0 Å². The number of tetrazole rings is 1. The van der Waals surface area contributed by atoms with Crippen molar-refractivity contribution in [2.45, 2.75) is 18.9 Å². The lowest BCUT2D eigenvalue weighted by Crippen LogP contribution is -2.12. The van der Waals surface area contributed by atoms with Crippen LogP contribution in [0.2, 0.25) is 0 Å². The number of hydrogen-bond donors (Lipinski definition) is 1. The number of nitrogens with one attached hydrogen (secondary N) is 1. The molecule has 1 N–H and O–H groups in total. The molecule has 1 aliphatic rings. The molecule has 110 valence electrons. The number of aromatic nitrogens is 4. The Kier molecular flexibility index (Phi) is 3.07. The molecular formula is C16H14FN5. The number of anilines is 1. The van der Waals surface area contributed by atoms with Gasteiger partial charge in [0.25, 0.3) is 0 Å². The molecule has 0 radical (unpaired) electrons. The average molecular weight is 295 g/mol. The van der Waals surface area contributed by atoms with Gasteiger partial charge >= 0.3 is 0 Å². The average Bonchev–Trinajstić information content (AvgIpc) is 3.16. The number of aryl methyl sites for hydroxylation is 1. The van der Waals surface area contributed by atoms with E-state index in [0.29, 0.717) is 5.95 Å². The summed E-state index contributed by atoms with van der Waals surface area (Å²) in [6.45, 7) is 0. The van der Waals surface area contributed by atoms with E-state index in [4.69, 9.17) is 0 Å². The molecule has 6 heteroatoms. The maximum Gasteiger partial charge on any atom is 0.248 e. The standard InChI is InChI=1S/C16H14FN5/c17-12-8-6-11-7-9-15(14(11)10-12)18-16-19-20-21-22(16)13-4-2-1-3-5-13/h1-6,8,10,15H,7,9H2,(H,18,19,21). The van der Waals surface area contributed by atoms with E-state index in [-0.39, 0.29) is 11.9 Å². The summed E-state index contributed by atoms with van der Waals surface area (Å²) >= 11 is 0. The highest BCUT2D eigenvalue weighted by molar-refractivity contribution is 5.44. The second-order valence-corrected chi connectivity index (χ2v) is 5.33. The lowest BCUT2D eigenvalue weighted by Gasteiger charge is -2.14. The lowest BCUT2D eigenvalue weighted by molar-refractivity contribution is 0.623. The second kappa shape index (κ2) is 5.22. The van der Waals surface area contributed by atoms with E-state index >= 15 is 0 Å². The van der Waals surface area contributed by atoms with Gasteiger partial charge in [0, 0.05) is 0 Å². The van der Waals surface area contributed by atoms with Crippen LogP contribution in [-0.4, -0.2) is 20.2 Å². The fourth-order valence-corrected chi connectivity index (χ4v) is 2.90. The minimum Gasteiger partial charge on any atom is -0.346 e. The van der Waals surface area contributed by atoms with Gasteiger partial charge < -0.3 is 5.32 Å². The lowest BCUT2D eigenvalue weighted by atomic mass is 10.1. The topological polar surface area (TPSA) is 55.6 Å². The van der Waals surface area contributed by atoms with Gasteiger partial charge in [0.1, 0.15) is 5.82 Å². The number of para-hydroxylation sites is 1. The van der Waals surface area contributed by atoms with Gasteiger partial charge in [0.05, 0.1) is 11.7 Å². The minimum absolute atomic E-state index is 0.0270. The number of nitrogens with zero attached hydrogens (tertiary/aromatic N) is 4. The van der Waals surface area contributed by atoms with Gasteiger partial charge in [-0.15, -0.1) is 0 Å². The van der Waals surface area contributed by atoms with Crippen molar-refractivity contribution in [2.75, 3.05) is 5.32 Å². The summed E-state index contributed by atoms with van der Waals surface area (Å²) in [6, 6.07) is 14.7. The van der Waals surface area contributed by atoms with Crippen molar-refractivity contribution in [3.8, 4) is 5.69 Å². The first-order valence-electron chi connectivity index (χ1n) is 7.20. The Bertz CT molecular complexity index is 799. The Labute approximate surface area is 126 Å². The zero-order chi connectivity index (χ0) is 14.9. The maximum atomic E-state index is 13.5. The van der Waals surface area contributed by atoms with Gasteiger partial charge in [-0.25, -0.2) is 4.39 Å². The zero-order valence-corrected chi connectivity index (χ0v) is 11.8. The smallest absolute Gasteiger partial charge is 0.248 e. The predicted molar refractivity (Wildman–Crippen MR) is 80.2 cm³/mol. The van der Waals surface area contributed by atoms with E-state index < -0.39 is 0 Å². The summed E-state index contributed by atoms with van der Waals surface area (Å²) in [4.78, 5) is 0. The number of fused-ring (bicyclic) bond motifs is 1. The van der Waals surface area contributed by atoms with E-state index in [1.54, 1.807) is 10.7 Å². The number of benzene rings is 2. The van der Waals surface area contributed by atoms with Crippen LogP contribution in [0.25, 0.3) is 5.69 Å². The summed E-state index contributed by atoms with van der Waals surface area (Å²) < 4.78 is 15.1. The molecule has 0 bridgehead atoms. The van der Waals surface area contributed by atoms with Crippen molar-refractivity contribution >= 4 is 5.95 Å². The fraction of sp³-hybridized carbons (Fsp3) is 0.188. The van der Waals surface area contributed by atoms with Crippen molar-refractivity contribution in [1.29, 1.82) is 0 Å². The molecule has 0 saturated carbocycles. The van der Waals surface area contributed by atoms with Crippen molar-refractivity contribution in [2.24, 2.45) is 0 Å². The Morgan fingerprint density at radius 1 is 1.14 bits per heavy atom. The highest BCUT2D eigenvalue weighted by atomic mass is 19.1. The molecule has 5 nitrogen and oxygen atoms in total. The molecule has 4 rings (SSSR count). The first-order chi connectivity index (χ1) is 10.8. The highest BCUT2D eigenvalue weighted by Gasteiger charge is 2.24.